The van der Waals surface area contributed by atoms with E-state index >= 15 is 0 Å². The van der Waals surface area contributed by atoms with Crippen LogP contribution in [0.4, 0.5) is 0 Å². The Labute approximate surface area is 109 Å². The van der Waals surface area contributed by atoms with Crippen molar-refractivity contribution < 1.29 is 4.74 Å². The molecule has 1 heteroatoms. The molecule has 17 heavy (non-hydrogen) atoms. The zero-order valence-electron chi connectivity index (χ0n) is 13.0. The zero-order valence-corrected chi connectivity index (χ0v) is 13.0. The van der Waals surface area contributed by atoms with Crippen molar-refractivity contribution in [3.05, 3.63) is 0 Å². The number of hydrogen-bond acceptors (Lipinski definition) is 1. The minimum absolute atomic E-state index is 0.694. The normalized spacial score (nSPS) is 19.1. The Balaban J connectivity index is 0.000000304. The van der Waals surface area contributed by atoms with E-state index in [1.54, 1.807) is 7.11 Å². The zero-order chi connectivity index (χ0) is 13.3. The van der Waals surface area contributed by atoms with Crippen molar-refractivity contribution in [1.82, 2.24) is 0 Å². The fraction of sp³-hybridized carbons (Fsp3) is 1.00. The molecule has 1 unspecified atom stereocenters. The molecule has 1 rings (SSSR count). The Kier molecular flexibility index (Phi) is 9.91. The number of ether oxygens (including phenoxy) is 1. The first-order chi connectivity index (χ1) is 7.99. The second-order valence-electron chi connectivity index (χ2n) is 6.32. The van der Waals surface area contributed by atoms with E-state index in [-0.39, 0.29) is 0 Å². The van der Waals surface area contributed by atoms with Gasteiger partial charge >= 0.3 is 0 Å². The minimum atomic E-state index is 0.694. The van der Waals surface area contributed by atoms with E-state index in [2.05, 4.69) is 34.6 Å². The summed E-state index contributed by atoms with van der Waals surface area (Å²) in [5, 5.41) is 0. The Morgan fingerprint density at radius 3 is 1.71 bits per heavy atom. The predicted molar refractivity (Wildman–Crippen MR) is 77.3 cm³/mol. The lowest BCUT2D eigenvalue weighted by atomic mass is 9.82. The van der Waals surface area contributed by atoms with Gasteiger partial charge in [0.25, 0.3) is 0 Å². The second kappa shape index (κ2) is 9.94. The summed E-state index contributed by atoms with van der Waals surface area (Å²) in [6.45, 7) is 12.2. The van der Waals surface area contributed by atoms with Crippen LogP contribution in [0.25, 0.3) is 0 Å². The van der Waals surface area contributed by atoms with Gasteiger partial charge in [-0.15, -0.1) is 0 Å². The monoisotopic (exact) mass is 242 g/mol. The maximum atomic E-state index is 4.96. The summed E-state index contributed by atoms with van der Waals surface area (Å²) >= 11 is 0. The summed E-state index contributed by atoms with van der Waals surface area (Å²) < 4.78 is 4.96. The van der Waals surface area contributed by atoms with E-state index in [9.17, 15) is 0 Å². The minimum Gasteiger partial charge on any atom is -0.384 e. The number of methoxy groups -OCH3 is 1. The van der Waals surface area contributed by atoms with E-state index < -0.39 is 0 Å². The van der Waals surface area contributed by atoms with Crippen molar-refractivity contribution in [3.63, 3.8) is 0 Å². The molecule has 0 aromatic carbocycles. The third-order valence-electron chi connectivity index (χ3n) is 4.16. The largest absolute Gasteiger partial charge is 0.384 e. The molecule has 0 aromatic rings. The van der Waals surface area contributed by atoms with Crippen molar-refractivity contribution in [2.75, 3.05) is 13.7 Å². The van der Waals surface area contributed by atoms with Crippen molar-refractivity contribution >= 4 is 0 Å². The summed E-state index contributed by atoms with van der Waals surface area (Å²) in [7, 11) is 1.75. The van der Waals surface area contributed by atoms with Crippen LogP contribution in [-0.2, 0) is 4.74 Å². The van der Waals surface area contributed by atoms with Gasteiger partial charge in [0.15, 0.2) is 0 Å². The van der Waals surface area contributed by atoms with Crippen LogP contribution in [0.1, 0.15) is 66.7 Å². The van der Waals surface area contributed by atoms with Gasteiger partial charge in [0.1, 0.15) is 0 Å². The molecule has 1 nitrogen and oxygen atoms in total. The first-order valence-corrected chi connectivity index (χ1v) is 7.48. The third-order valence-corrected chi connectivity index (χ3v) is 4.16. The summed E-state index contributed by atoms with van der Waals surface area (Å²) in [4.78, 5) is 0. The van der Waals surface area contributed by atoms with Crippen LogP contribution in [0.2, 0.25) is 0 Å². The highest BCUT2D eigenvalue weighted by Gasteiger charge is 2.15. The lowest BCUT2D eigenvalue weighted by Gasteiger charge is -2.24. The highest BCUT2D eigenvalue weighted by molar-refractivity contribution is 4.67. The van der Waals surface area contributed by atoms with Crippen molar-refractivity contribution in [1.29, 1.82) is 0 Å². The van der Waals surface area contributed by atoms with E-state index in [1.807, 2.05) is 0 Å². The highest BCUT2D eigenvalue weighted by atomic mass is 16.5. The maximum Gasteiger partial charge on any atom is 0.0490 e. The van der Waals surface area contributed by atoms with Gasteiger partial charge in [-0.3, -0.25) is 0 Å². The lowest BCUT2D eigenvalue weighted by molar-refractivity contribution is 0.138. The molecule has 1 atom stereocenters. The van der Waals surface area contributed by atoms with Crippen LogP contribution in [0.3, 0.4) is 0 Å². The summed E-state index contributed by atoms with van der Waals surface area (Å²) in [5.41, 5.74) is 0. The summed E-state index contributed by atoms with van der Waals surface area (Å²) in [6.07, 6.45) is 7.46. The van der Waals surface area contributed by atoms with Crippen molar-refractivity contribution in [3.8, 4) is 0 Å². The summed E-state index contributed by atoms with van der Waals surface area (Å²) in [5.74, 6) is 3.43. The van der Waals surface area contributed by atoms with E-state index in [0.717, 1.165) is 24.4 Å². The van der Waals surface area contributed by atoms with Gasteiger partial charge in [0.05, 0.1) is 0 Å². The molecule has 0 heterocycles. The average molecular weight is 242 g/mol. The Hall–Kier alpha value is -0.0400. The smallest absolute Gasteiger partial charge is 0.0490 e. The Morgan fingerprint density at radius 2 is 1.47 bits per heavy atom. The first-order valence-electron chi connectivity index (χ1n) is 7.48. The lowest BCUT2D eigenvalue weighted by Crippen LogP contribution is -2.12. The van der Waals surface area contributed by atoms with E-state index in [1.165, 1.54) is 32.1 Å². The van der Waals surface area contributed by atoms with Gasteiger partial charge in [0.2, 0.25) is 0 Å². The molecule has 1 saturated carbocycles. The van der Waals surface area contributed by atoms with Gasteiger partial charge in [0, 0.05) is 13.7 Å². The van der Waals surface area contributed by atoms with Crippen LogP contribution in [-0.4, -0.2) is 13.7 Å². The molecule has 1 aliphatic rings. The van der Waals surface area contributed by atoms with E-state index in [4.69, 9.17) is 4.74 Å². The Morgan fingerprint density at radius 1 is 0.941 bits per heavy atom. The average Bonchev–Trinajstić information content (AvgIpc) is 2.31. The topological polar surface area (TPSA) is 9.23 Å². The highest BCUT2D eigenvalue weighted by Crippen LogP contribution is 2.29. The first kappa shape index (κ1) is 17.0. The summed E-state index contributed by atoms with van der Waals surface area (Å²) in [6, 6.07) is 0. The van der Waals surface area contributed by atoms with Gasteiger partial charge in [-0.1, -0.05) is 66.7 Å². The van der Waals surface area contributed by atoms with Gasteiger partial charge in [-0.25, -0.2) is 0 Å². The molecule has 0 bridgehead atoms. The van der Waals surface area contributed by atoms with Crippen LogP contribution in [0.15, 0.2) is 0 Å². The van der Waals surface area contributed by atoms with Crippen LogP contribution < -0.4 is 0 Å². The van der Waals surface area contributed by atoms with Crippen molar-refractivity contribution in [2.24, 2.45) is 23.7 Å². The molecular formula is C16H34O. The molecule has 0 N–H and O–H groups in total. The molecule has 1 aliphatic carbocycles. The van der Waals surface area contributed by atoms with Gasteiger partial charge < -0.3 is 4.74 Å². The van der Waals surface area contributed by atoms with Crippen LogP contribution in [0.5, 0.6) is 0 Å². The molecule has 104 valence electrons. The molecule has 0 amide bonds. The number of rotatable bonds is 4. The van der Waals surface area contributed by atoms with Gasteiger partial charge in [-0.05, 0) is 23.7 Å². The second-order valence-corrected chi connectivity index (χ2v) is 6.32. The molecule has 0 spiro atoms. The fourth-order valence-electron chi connectivity index (χ4n) is 2.26. The molecular weight excluding hydrogens is 208 g/mol. The quantitative estimate of drug-likeness (QED) is 0.662. The van der Waals surface area contributed by atoms with Crippen molar-refractivity contribution in [2.45, 2.75) is 66.7 Å². The third kappa shape index (κ3) is 8.65. The predicted octanol–water partition coefficient (Wildman–Crippen LogP) is 5.15. The Bertz CT molecular complexity index is 157. The van der Waals surface area contributed by atoms with E-state index in [0.29, 0.717) is 5.92 Å². The molecule has 0 saturated heterocycles. The van der Waals surface area contributed by atoms with Crippen LogP contribution in [0, 0.1) is 23.7 Å². The molecule has 0 aliphatic heterocycles. The molecule has 1 fully saturated rings. The maximum absolute atomic E-state index is 4.96. The van der Waals surface area contributed by atoms with Crippen LogP contribution >= 0.6 is 0 Å². The SMILES string of the molecule is CC(C)C1CCCCC1.COCC(C)C(C)C. The molecule has 0 aromatic heterocycles. The fourth-order valence-corrected chi connectivity index (χ4v) is 2.26. The van der Waals surface area contributed by atoms with Gasteiger partial charge in [-0.2, -0.15) is 0 Å². The number of hydrogen-bond donors (Lipinski definition) is 0. The standard InChI is InChI=1S/C9H18.C7H16O/c1-8(2)9-6-4-3-5-7-9;1-6(2)7(3)5-8-4/h8-9H,3-7H2,1-2H3;6-7H,5H2,1-4H3. The molecule has 0 radical (unpaired) electrons.